The number of nitrogens with zero attached hydrogens (tertiary/aromatic N) is 5. The van der Waals surface area contributed by atoms with Gasteiger partial charge in [0.1, 0.15) is 11.9 Å². The van der Waals surface area contributed by atoms with Crippen LogP contribution in [0, 0.1) is 5.82 Å². The van der Waals surface area contributed by atoms with Crippen LogP contribution in [0.15, 0.2) is 84.3 Å². The van der Waals surface area contributed by atoms with Crippen LogP contribution in [0.5, 0.6) is 0 Å². The minimum Gasteiger partial charge on any atom is -0.372 e. The molecule has 0 aliphatic carbocycles. The van der Waals surface area contributed by atoms with Crippen molar-refractivity contribution in [1.29, 1.82) is 0 Å². The first-order valence-electron chi connectivity index (χ1n) is 12.3. The number of halogens is 1. The fourth-order valence-electron chi connectivity index (χ4n) is 4.60. The van der Waals surface area contributed by atoms with Crippen molar-refractivity contribution < 1.29 is 9.18 Å². The fraction of sp³-hybridized carbons (Fsp3) is 0.214. The van der Waals surface area contributed by atoms with Gasteiger partial charge in [-0.2, -0.15) is 4.98 Å². The number of hydrogen-bond acceptors (Lipinski definition) is 6. The average molecular weight is 498 g/mol. The molecule has 0 saturated carbocycles. The molecule has 2 aromatic carbocycles. The van der Waals surface area contributed by atoms with E-state index in [4.69, 9.17) is 10.1 Å². The lowest BCUT2D eigenvalue weighted by Gasteiger charge is -2.28. The van der Waals surface area contributed by atoms with Crippen molar-refractivity contribution in [2.75, 3.05) is 28.6 Å². The van der Waals surface area contributed by atoms with E-state index in [0.717, 1.165) is 24.3 Å². The maximum Gasteiger partial charge on any atom is 0.255 e. The topological polar surface area (TPSA) is 88.0 Å². The summed E-state index contributed by atoms with van der Waals surface area (Å²) in [5.74, 6) is 0.112. The molecule has 4 aromatic rings. The van der Waals surface area contributed by atoms with Crippen molar-refractivity contribution in [3.05, 3.63) is 95.7 Å². The van der Waals surface area contributed by atoms with Crippen molar-refractivity contribution in [2.24, 2.45) is 0 Å². The summed E-state index contributed by atoms with van der Waals surface area (Å²) in [6.45, 7) is 7.84. The molecule has 1 amide bonds. The van der Waals surface area contributed by atoms with Gasteiger partial charge >= 0.3 is 0 Å². The van der Waals surface area contributed by atoms with Gasteiger partial charge < -0.3 is 15.5 Å². The highest BCUT2D eigenvalue weighted by Crippen LogP contribution is 2.37. The van der Waals surface area contributed by atoms with Crippen molar-refractivity contribution >= 4 is 23.2 Å². The Morgan fingerprint density at radius 2 is 1.84 bits per heavy atom. The molecule has 1 aliphatic heterocycles. The Bertz CT molecular complexity index is 1440. The van der Waals surface area contributed by atoms with E-state index in [0.29, 0.717) is 34.3 Å². The van der Waals surface area contributed by atoms with Gasteiger partial charge in [-0.15, -0.1) is 5.10 Å². The van der Waals surface area contributed by atoms with E-state index >= 15 is 4.39 Å². The Kier molecular flexibility index (Phi) is 6.68. The SMILES string of the molecule is CCN(CC)c1ccc(-c2nc3n(n2)C(c2ccccc2F)C(C(=O)Nc2cccnc2)=C(C)N3)cc1. The molecule has 8 nitrogen and oxygen atoms in total. The van der Waals surface area contributed by atoms with Crippen molar-refractivity contribution in [2.45, 2.75) is 26.8 Å². The van der Waals surface area contributed by atoms with Crippen molar-refractivity contribution in [1.82, 2.24) is 19.7 Å². The highest BCUT2D eigenvalue weighted by molar-refractivity contribution is 6.06. The third-order valence-corrected chi connectivity index (χ3v) is 6.47. The standard InChI is InChI=1S/C28H28FN7O/c1-4-35(5-2)21-14-12-19(13-15-21)26-33-28-31-18(3)24(27(37)32-20-9-8-16-30-17-20)25(36(28)34-26)22-10-6-7-11-23(22)29/h6-17,25H,4-5H2,1-3H3,(H,32,37)(H,31,33,34). The number of benzene rings is 2. The van der Waals surface area contributed by atoms with E-state index in [2.05, 4.69) is 34.4 Å². The predicted molar refractivity (Wildman–Crippen MR) is 143 cm³/mol. The summed E-state index contributed by atoms with van der Waals surface area (Å²) in [4.78, 5) is 24.5. The lowest BCUT2D eigenvalue weighted by atomic mass is 9.94. The monoisotopic (exact) mass is 497 g/mol. The first kappa shape index (κ1) is 24.2. The molecule has 2 aromatic heterocycles. The minimum atomic E-state index is -0.815. The van der Waals surface area contributed by atoms with Gasteiger partial charge in [-0.1, -0.05) is 18.2 Å². The van der Waals surface area contributed by atoms with E-state index in [9.17, 15) is 4.79 Å². The van der Waals surface area contributed by atoms with Crippen LogP contribution in [-0.2, 0) is 4.79 Å². The molecule has 0 fully saturated rings. The summed E-state index contributed by atoms with van der Waals surface area (Å²) in [6.07, 6.45) is 3.19. The number of carbonyl (C=O) groups is 1. The zero-order chi connectivity index (χ0) is 25.9. The Labute approximate surface area is 214 Å². The van der Waals surface area contributed by atoms with Crippen LogP contribution < -0.4 is 15.5 Å². The van der Waals surface area contributed by atoms with Crippen LogP contribution in [0.4, 0.5) is 21.7 Å². The first-order chi connectivity index (χ1) is 18.0. The minimum absolute atomic E-state index is 0.328. The molecule has 0 spiro atoms. The van der Waals surface area contributed by atoms with Gasteiger partial charge in [-0.25, -0.2) is 9.07 Å². The molecular formula is C28H28FN7O. The molecule has 37 heavy (non-hydrogen) atoms. The average Bonchev–Trinajstić information content (AvgIpc) is 3.33. The maximum absolute atomic E-state index is 15.1. The Morgan fingerprint density at radius 1 is 1.08 bits per heavy atom. The van der Waals surface area contributed by atoms with E-state index < -0.39 is 11.9 Å². The highest BCUT2D eigenvalue weighted by Gasteiger charge is 2.36. The highest BCUT2D eigenvalue weighted by atomic mass is 19.1. The largest absolute Gasteiger partial charge is 0.372 e. The van der Waals surface area contributed by atoms with Gasteiger partial charge in [0.05, 0.1) is 17.5 Å². The van der Waals surface area contributed by atoms with Crippen LogP contribution in [0.3, 0.4) is 0 Å². The van der Waals surface area contributed by atoms with E-state index in [-0.39, 0.29) is 5.91 Å². The molecule has 1 atom stereocenters. The smallest absolute Gasteiger partial charge is 0.255 e. The van der Waals surface area contributed by atoms with Gasteiger partial charge in [0.25, 0.3) is 5.91 Å². The molecule has 0 bridgehead atoms. The number of amides is 1. The zero-order valence-corrected chi connectivity index (χ0v) is 20.9. The summed E-state index contributed by atoms with van der Waals surface area (Å²) < 4.78 is 16.7. The summed E-state index contributed by atoms with van der Waals surface area (Å²) in [5, 5.41) is 10.8. The molecule has 5 rings (SSSR count). The van der Waals surface area contributed by atoms with Crippen LogP contribution in [0.25, 0.3) is 11.4 Å². The molecular weight excluding hydrogens is 469 g/mol. The molecule has 0 saturated heterocycles. The van der Waals surface area contributed by atoms with Gasteiger partial charge in [0.2, 0.25) is 5.95 Å². The second-order valence-electron chi connectivity index (χ2n) is 8.71. The van der Waals surface area contributed by atoms with Crippen molar-refractivity contribution in [3.63, 3.8) is 0 Å². The summed E-state index contributed by atoms with van der Waals surface area (Å²) in [6, 6.07) is 17.1. The lowest BCUT2D eigenvalue weighted by Crippen LogP contribution is -2.32. The van der Waals surface area contributed by atoms with Crippen LogP contribution in [0.2, 0.25) is 0 Å². The molecule has 2 N–H and O–H groups in total. The van der Waals surface area contributed by atoms with Gasteiger partial charge in [-0.05, 0) is 63.2 Å². The quantitative estimate of drug-likeness (QED) is 0.363. The molecule has 1 aliphatic rings. The summed E-state index contributed by atoms with van der Waals surface area (Å²) in [7, 11) is 0. The summed E-state index contributed by atoms with van der Waals surface area (Å²) in [5.41, 5.74) is 3.72. The normalized spacial score (nSPS) is 14.6. The lowest BCUT2D eigenvalue weighted by molar-refractivity contribution is -0.113. The Hall–Kier alpha value is -4.53. The van der Waals surface area contributed by atoms with Crippen molar-refractivity contribution in [3.8, 4) is 11.4 Å². The van der Waals surface area contributed by atoms with Gasteiger partial charge in [-0.3, -0.25) is 9.78 Å². The molecule has 188 valence electrons. The van der Waals surface area contributed by atoms with Crippen LogP contribution in [0.1, 0.15) is 32.4 Å². The zero-order valence-electron chi connectivity index (χ0n) is 20.9. The third-order valence-electron chi connectivity index (χ3n) is 6.47. The number of anilines is 3. The summed E-state index contributed by atoms with van der Waals surface area (Å²) >= 11 is 0. The number of nitrogens with one attached hydrogen (secondary N) is 2. The molecule has 0 radical (unpaired) electrons. The number of hydrogen-bond donors (Lipinski definition) is 2. The molecule has 1 unspecified atom stereocenters. The maximum atomic E-state index is 15.1. The van der Waals surface area contributed by atoms with Gasteiger partial charge in [0.15, 0.2) is 5.82 Å². The number of allylic oxidation sites excluding steroid dienone is 1. The number of aromatic nitrogens is 4. The molecule has 9 heteroatoms. The number of fused-ring (bicyclic) bond motifs is 1. The Balaban J connectivity index is 1.56. The van der Waals surface area contributed by atoms with Crippen LogP contribution >= 0.6 is 0 Å². The van der Waals surface area contributed by atoms with Crippen LogP contribution in [-0.4, -0.2) is 38.7 Å². The molecule has 3 heterocycles. The third kappa shape index (κ3) is 4.67. The van der Waals surface area contributed by atoms with E-state index in [1.54, 1.807) is 54.3 Å². The van der Waals surface area contributed by atoms with E-state index in [1.807, 2.05) is 24.3 Å². The Morgan fingerprint density at radius 3 is 2.51 bits per heavy atom. The number of pyridine rings is 1. The van der Waals surface area contributed by atoms with E-state index in [1.165, 1.54) is 6.07 Å². The number of carbonyl (C=O) groups excluding carboxylic acids is 1. The number of rotatable bonds is 7. The second kappa shape index (κ2) is 10.2. The second-order valence-corrected chi connectivity index (χ2v) is 8.71. The van der Waals surface area contributed by atoms with Gasteiger partial charge in [0, 0.05) is 41.8 Å². The fourth-order valence-corrected chi connectivity index (χ4v) is 4.60. The first-order valence-corrected chi connectivity index (χ1v) is 12.3. The predicted octanol–water partition coefficient (Wildman–Crippen LogP) is 5.25.